The maximum Gasteiger partial charge on any atom is 0.408 e. The Balaban J connectivity index is 2.52. The number of anilines is 1. The molecule has 0 spiro atoms. The van der Waals surface area contributed by atoms with Gasteiger partial charge in [0.1, 0.15) is 17.7 Å². The number of nitrogens with two attached hydrogens (primary N) is 1. The number of nitrogens with zero attached hydrogens (tertiary/aromatic N) is 1. The number of alkyl carbamates (subject to hydrolysis) is 1. The number of primary amides is 1. The Kier molecular flexibility index (Phi) is 10.8. The summed E-state index contributed by atoms with van der Waals surface area (Å²) in [5, 5.41) is 15.1. The fraction of sp³-hybridized carbons (Fsp3) is 0.429. The number of carbonyl (C=O) groups is 4. The Morgan fingerprint density at radius 2 is 1.68 bits per heavy atom. The SMILES string of the molecule is CCc1ccc(C(C(=O)Nc2ccccc2C)N(CCO)C(=O)C(CC(N)=O)NC(=O)OC(C)(C)C)cc1. The summed E-state index contributed by atoms with van der Waals surface area (Å²) in [7, 11) is 0. The molecule has 2 atom stereocenters. The van der Waals surface area contributed by atoms with Gasteiger partial charge in [0, 0.05) is 12.2 Å². The van der Waals surface area contributed by atoms with E-state index in [0.717, 1.165) is 22.4 Å². The van der Waals surface area contributed by atoms with Gasteiger partial charge in [-0.2, -0.15) is 0 Å². The molecule has 0 saturated carbocycles. The number of amides is 4. The van der Waals surface area contributed by atoms with Crippen molar-refractivity contribution in [1.82, 2.24) is 10.2 Å². The Labute approximate surface area is 223 Å². The molecule has 2 rings (SSSR count). The highest BCUT2D eigenvalue weighted by Gasteiger charge is 2.37. The fourth-order valence-electron chi connectivity index (χ4n) is 3.85. The first-order chi connectivity index (χ1) is 17.9. The number of hydrogen-bond acceptors (Lipinski definition) is 6. The minimum Gasteiger partial charge on any atom is -0.444 e. The smallest absolute Gasteiger partial charge is 0.408 e. The number of ether oxygens (including phenoxy) is 1. The number of rotatable bonds is 11. The van der Waals surface area contributed by atoms with Gasteiger partial charge in [-0.1, -0.05) is 49.4 Å². The Hall–Kier alpha value is -3.92. The Bertz CT molecular complexity index is 1130. The zero-order valence-corrected chi connectivity index (χ0v) is 22.6. The molecule has 0 aliphatic rings. The molecule has 38 heavy (non-hydrogen) atoms. The van der Waals surface area contributed by atoms with E-state index in [9.17, 15) is 24.3 Å². The highest BCUT2D eigenvalue weighted by atomic mass is 16.6. The number of carbonyl (C=O) groups excluding carboxylic acids is 4. The third-order valence-corrected chi connectivity index (χ3v) is 5.69. The second-order valence-electron chi connectivity index (χ2n) is 9.93. The maximum absolute atomic E-state index is 13.8. The highest BCUT2D eigenvalue weighted by Crippen LogP contribution is 2.26. The average Bonchev–Trinajstić information content (AvgIpc) is 2.83. The van der Waals surface area contributed by atoms with Crippen molar-refractivity contribution in [3.63, 3.8) is 0 Å². The number of aryl methyl sites for hydroxylation is 2. The molecule has 10 heteroatoms. The van der Waals surface area contributed by atoms with Crippen molar-refractivity contribution < 1.29 is 29.0 Å². The Morgan fingerprint density at radius 1 is 1.05 bits per heavy atom. The predicted molar refractivity (Wildman–Crippen MR) is 144 cm³/mol. The summed E-state index contributed by atoms with van der Waals surface area (Å²) in [5.41, 5.74) is 7.42. The van der Waals surface area contributed by atoms with E-state index in [2.05, 4.69) is 10.6 Å². The normalized spacial score (nSPS) is 12.7. The second-order valence-corrected chi connectivity index (χ2v) is 9.93. The van der Waals surface area contributed by atoms with Crippen LogP contribution in [0.2, 0.25) is 0 Å². The monoisotopic (exact) mass is 526 g/mol. The number of benzene rings is 2. The molecule has 0 aliphatic heterocycles. The highest BCUT2D eigenvalue weighted by molar-refractivity contribution is 6.00. The van der Waals surface area contributed by atoms with Crippen molar-refractivity contribution >= 4 is 29.5 Å². The lowest BCUT2D eigenvalue weighted by Gasteiger charge is -2.34. The van der Waals surface area contributed by atoms with E-state index >= 15 is 0 Å². The summed E-state index contributed by atoms with van der Waals surface area (Å²) < 4.78 is 5.25. The van der Waals surface area contributed by atoms with Gasteiger partial charge < -0.3 is 31.1 Å². The third kappa shape index (κ3) is 8.88. The van der Waals surface area contributed by atoms with Crippen LogP contribution in [0.25, 0.3) is 0 Å². The summed E-state index contributed by atoms with van der Waals surface area (Å²) >= 11 is 0. The number of aliphatic hydroxyl groups excluding tert-OH is 1. The van der Waals surface area contributed by atoms with Gasteiger partial charge in [-0.15, -0.1) is 0 Å². The molecular weight excluding hydrogens is 488 g/mol. The zero-order chi connectivity index (χ0) is 28.5. The number of aliphatic hydroxyl groups is 1. The van der Waals surface area contributed by atoms with Crippen LogP contribution in [0.3, 0.4) is 0 Å². The molecule has 0 heterocycles. The molecule has 0 aromatic heterocycles. The van der Waals surface area contributed by atoms with Crippen molar-refractivity contribution in [2.75, 3.05) is 18.5 Å². The van der Waals surface area contributed by atoms with E-state index in [-0.39, 0.29) is 6.54 Å². The van der Waals surface area contributed by atoms with Crippen LogP contribution in [0.1, 0.15) is 56.8 Å². The quantitative estimate of drug-likeness (QED) is 0.353. The number of hydrogen-bond donors (Lipinski definition) is 4. The van der Waals surface area contributed by atoms with Crippen LogP contribution in [0.15, 0.2) is 48.5 Å². The lowest BCUT2D eigenvalue weighted by molar-refractivity contribution is -0.142. The zero-order valence-electron chi connectivity index (χ0n) is 22.6. The topological polar surface area (TPSA) is 151 Å². The summed E-state index contributed by atoms with van der Waals surface area (Å²) in [6, 6.07) is 11.8. The maximum atomic E-state index is 13.8. The molecule has 4 amide bonds. The lowest BCUT2D eigenvalue weighted by Crippen LogP contribution is -2.54. The summed E-state index contributed by atoms with van der Waals surface area (Å²) in [5.74, 6) is -2.13. The van der Waals surface area contributed by atoms with Crippen LogP contribution in [-0.4, -0.2) is 58.6 Å². The predicted octanol–water partition coefficient (Wildman–Crippen LogP) is 2.83. The first-order valence-corrected chi connectivity index (χ1v) is 12.5. The van der Waals surface area contributed by atoms with Gasteiger partial charge in [-0.25, -0.2) is 4.79 Å². The van der Waals surface area contributed by atoms with Crippen LogP contribution in [-0.2, 0) is 25.5 Å². The summed E-state index contributed by atoms with van der Waals surface area (Å²) in [4.78, 5) is 52.9. The first kappa shape index (κ1) is 30.3. The molecule has 0 bridgehead atoms. The molecule has 0 fully saturated rings. The summed E-state index contributed by atoms with van der Waals surface area (Å²) in [6.45, 7) is 8.08. The molecule has 5 N–H and O–H groups in total. The van der Waals surface area contributed by atoms with E-state index in [1.807, 2.05) is 38.1 Å². The van der Waals surface area contributed by atoms with Crippen molar-refractivity contribution in [3.05, 3.63) is 65.2 Å². The minimum atomic E-state index is -1.42. The molecule has 0 saturated heterocycles. The van der Waals surface area contributed by atoms with Gasteiger partial charge in [0.15, 0.2) is 0 Å². The first-order valence-electron chi connectivity index (χ1n) is 12.5. The molecule has 206 valence electrons. The van der Waals surface area contributed by atoms with Crippen LogP contribution in [0.4, 0.5) is 10.5 Å². The molecule has 0 aliphatic carbocycles. The molecule has 2 unspecified atom stereocenters. The largest absolute Gasteiger partial charge is 0.444 e. The molecule has 2 aromatic carbocycles. The standard InChI is InChI=1S/C28H38N4O6/c1-6-19-11-13-20(14-12-19)24(25(35)30-21-10-8-7-9-18(21)2)32(15-16-33)26(36)22(17-23(29)34)31-27(37)38-28(3,4)5/h7-14,22,24,33H,6,15-17H2,1-5H3,(H2,29,34)(H,30,35)(H,31,37). The molecule has 10 nitrogen and oxygen atoms in total. The van der Waals surface area contributed by atoms with Crippen molar-refractivity contribution in [3.8, 4) is 0 Å². The van der Waals surface area contributed by atoms with E-state index in [0.29, 0.717) is 11.3 Å². The summed E-state index contributed by atoms with van der Waals surface area (Å²) in [6.07, 6.45) is -0.671. The van der Waals surface area contributed by atoms with E-state index in [1.165, 1.54) is 0 Å². The van der Waals surface area contributed by atoms with Crippen molar-refractivity contribution in [2.24, 2.45) is 5.73 Å². The third-order valence-electron chi connectivity index (χ3n) is 5.69. The van der Waals surface area contributed by atoms with Gasteiger partial charge in [0.25, 0.3) is 5.91 Å². The Morgan fingerprint density at radius 3 is 2.21 bits per heavy atom. The van der Waals surface area contributed by atoms with Gasteiger partial charge >= 0.3 is 6.09 Å². The average molecular weight is 527 g/mol. The van der Waals surface area contributed by atoms with Gasteiger partial charge in [0.05, 0.1) is 13.0 Å². The fourth-order valence-corrected chi connectivity index (χ4v) is 3.85. The van der Waals surface area contributed by atoms with Crippen molar-refractivity contribution in [2.45, 2.75) is 65.1 Å². The van der Waals surface area contributed by atoms with Gasteiger partial charge in [0.2, 0.25) is 11.8 Å². The van der Waals surface area contributed by atoms with Crippen LogP contribution in [0, 0.1) is 6.92 Å². The minimum absolute atomic E-state index is 0.245. The van der Waals surface area contributed by atoms with Crippen molar-refractivity contribution in [1.29, 1.82) is 0 Å². The lowest BCUT2D eigenvalue weighted by atomic mass is 9.99. The molecule has 2 aromatic rings. The molecular formula is C28H38N4O6. The number of nitrogens with one attached hydrogen (secondary N) is 2. The van der Waals surface area contributed by atoms with Gasteiger partial charge in [-0.05, 0) is 56.9 Å². The van der Waals surface area contributed by atoms with Crippen LogP contribution in [0.5, 0.6) is 0 Å². The van der Waals surface area contributed by atoms with E-state index in [4.69, 9.17) is 10.5 Å². The van der Waals surface area contributed by atoms with E-state index < -0.39 is 54.5 Å². The van der Waals surface area contributed by atoms with Crippen LogP contribution >= 0.6 is 0 Å². The van der Waals surface area contributed by atoms with Crippen LogP contribution < -0.4 is 16.4 Å². The van der Waals surface area contributed by atoms with Gasteiger partial charge in [-0.3, -0.25) is 14.4 Å². The number of para-hydroxylation sites is 1. The van der Waals surface area contributed by atoms with E-state index in [1.54, 1.807) is 45.0 Å². The molecule has 0 radical (unpaired) electrons. The second kappa shape index (κ2) is 13.6.